The van der Waals surface area contributed by atoms with Crippen LogP contribution in [0.1, 0.15) is 21.7 Å². The van der Waals surface area contributed by atoms with E-state index in [1.807, 2.05) is 18.2 Å². The maximum atomic E-state index is 12.8. The quantitative estimate of drug-likeness (QED) is 0.488. The van der Waals surface area contributed by atoms with E-state index in [1.165, 1.54) is 5.56 Å². The largest absolute Gasteiger partial charge is 0.497 e. The number of benzene rings is 2. The monoisotopic (exact) mass is 420 g/mol. The number of methoxy groups -OCH3 is 2. The summed E-state index contributed by atoms with van der Waals surface area (Å²) in [5.74, 6) is 1.94. The Hall–Kier alpha value is -3.81. The third-order valence-electron chi connectivity index (χ3n) is 5.09. The standard InChI is InChI=1S/C23H24N4O4/c1-14-5-6-19-15(9-14)12-20(24-19)22-25-21(26-31-22)7-8-27(2)23(28)16-10-17(29-3)13-18(11-16)30-4/h5-6,9-13,24H,7-8H2,1-4H3. The van der Waals surface area contributed by atoms with E-state index < -0.39 is 0 Å². The van der Waals surface area contributed by atoms with E-state index in [0.717, 1.165) is 16.6 Å². The molecule has 1 N–H and O–H groups in total. The molecule has 0 spiro atoms. The summed E-state index contributed by atoms with van der Waals surface area (Å²) in [6, 6.07) is 13.3. The lowest BCUT2D eigenvalue weighted by Crippen LogP contribution is -2.29. The number of H-pyrrole nitrogens is 1. The molecule has 2 heterocycles. The van der Waals surface area contributed by atoms with Crippen LogP contribution >= 0.6 is 0 Å². The highest BCUT2D eigenvalue weighted by molar-refractivity contribution is 5.95. The second-order valence-corrected chi connectivity index (χ2v) is 7.37. The number of aromatic nitrogens is 3. The van der Waals surface area contributed by atoms with Gasteiger partial charge < -0.3 is 23.9 Å². The fourth-order valence-corrected chi connectivity index (χ4v) is 3.35. The summed E-state index contributed by atoms with van der Waals surface area (Å²) >= 11 is 0. The SMILES string of the molecule is COc1cc(OC)cc(C(=O)N(C)CCc2noc(-c3cc4cc(C)ccc4[nH]3)n2)c1. The number of amides is 1. The molecule has 0 atom stereocenters. The summed E-state index contributed by atoms with van der Waals surface area (Å²) in [6.07, 6.45) is 0.464. The first-order chi connectivity index (χ1) is 15.0. The number of carbonyl (C=O) groups excluding carboxylic acids is 1. The van der Waals surface area contributed by atoms with Crippen LogP contribution < -0.4 is 9.47 Å². The molecule has 4 rings (SSSR count). The topological polar surface area (TPSA) is 93.5 Å². The lowest BCUT2D eigenvalue weighted by molar-refractivity contribution is 0.0795. The van der Waals surface area contributed by atoms with Crippen LogP contribution in [0.2, 0.25) is 0 Å². The van der Waals surface area contributed by atoms with Gasteiger partial charge in [0, 0.05) is 42.5 Å². The van der Waals surface area contributed by atoms with Gasteiger partial charge in [-0.05, 0) is 37.3 Å². The Morgan fingerprint density at radius 3 is 2.55 bits per heavy atom. The molecule has 31 heavy (non-hydrogen) atoms. The Kier molecular flexibility index (Phi) is 5.62. The molecule has 1 amide bonds. The third-order valence-corrected chi connectivity index (χ3v) is 5.09. The highest BCUT2D eigenvalue weighted by Crippen LogP contribution is 2.25. The zero-order chi connectivity index (χ0) is 22.0. The second-order valence-electron chi connectivity index (χ2n) is 7.37. The summed E-state index contributed by atoms with van der Waals surface area (Å²) in [5.41, 5.74) is 3.46. The molecule has 160 valence electrons. The fraction of sp³-hybridized carbons (Fsp3) is 0.261. The van der Waals surface area contributed by atoms with Gasteiger partial charge in [-0.25, -0.2) is 0 Å². The summed E-state index contributed by atoms with van der Waals surface area (Å²) in [6.45, 7) is 2.49. The summed E-state index contributed by atoms with van der Waals surface area (Å²) in [5, 5.41) is 5.15. The molecule has 0 aliphatic heterocycles. The highest BCUT2D eigenvalue weighted by atomic mass is 16.5. The molecule has 0 aliphatic carbocycles. The van der Waals surface area contributed by atoms with E-state index in [4.69, 9.17) is 14.0 Å². The van der Waals surface area contributed by atoms with Crippen molar-refractivity contribution < 1.29 is 18.8 Å². The summed E-state index contributed by atoms with van der Waals surface area (Å²) < 4.78 is 15.9. The van der Waals surface area contributed by atoms with E-state index in [-0.39, 0.29) is 5.91 Å². The zero-order valence-corrected chi connectivity index (χ0v) is 17.9. The van der Waals surface area contributed by atoms with Crippen molar-refractivity contribution in [3.63, 3.8) is 0 Å². The van der Waals surface area contributed by atoms with Crippen LogP contribution in [0.5, 0.6) is 11.5 Å². The van der Waals surface area contributed by atoms with Crippen molar-refractivity contribution in [3.05, 3.63) is 59.4 Å². The Labute approximate surface area is 179 Å². The van der Waals surface area contributed by atoms with Gasteiger partial charge in [0.25, 0.3) is 11.8 Å². The van der Waals surface area contributed by atoms with E-state index in [9.17, 15) is 4.79 Å². The van der Waals surface area contributed by atoms with E-state index >= 15 is 0 Å². The molecule has 0 unspecified atom stereocenters. The highest BCUT2D eigenvalue weighted by Gasteiger charge is 2.17. The number of fused-ring (bicyclic) bond motifs is 1. The first-order valence-electron chi connectivity index (χ1n) is 9.87. The number of aryl methyl sites for hydroxylation is 1. The first kappa shape index (κ1) is 20.5. The van der Waals surface area contributed by atoms with Gasteiger partial charge in [-0.15, -0.1) is 0 Å². The maximum Gasteiger partial charge on any atom is 0.274 e. The van der Waals surface area contributed by atoms with E-state index in [2.05, 4.69) is 28.1 Å². The summed E-state index contributed by atoms with van der Waals surface area (Å²) in [7, 11) is 4.83. The van der Waals surface area contributed by atoms with Crippen molar-refractivity contribution >= 4 is 16.8 Å². The minimum Gasteiger partial charge on any atom is -0.497 e. The zero-order valence-electron chi connectivity index (χ0n) is 17.9. The Bertz CT molecular complexity index is 1210. The molecule has 0 aliphatic rings. The first-order valence-corrected chi connectivity index (χ1v) is 9.87. The van der Waals surface area contributed by atoms with Crippen molar-refractivity contribution in [1.29, 1.82) is 0 Å². The second kappa shape index (κ2) is 8.51. The smallest absolute Gasteiger partial charge is 0.274 e. The van der Waals surface area contributed by atoms with E-state index in [1.54, 1.807) is 44.4 Å². The molecule has 0 saturated carbocycles. The molecule has 2 aromatic heterocycles. The maximum absolute atomic E-state index is 12.8. The van der Waals surface area contributed by atoms with Crippen molar-refractivity contribution in [1.82, 2.24) is 20.0 Å². The molecule has 0 fully saturated rings. The van der Waals surface area contributed by atoms with Crippen molar-refractivity contribution in [2.45, 2.75) is 13.3 Å². The van der Waals surface area contributed by atoms with Gasteiger partial charge in [-0.3, -0.25) is 4.79 Å². The van der Waals surface area contributed by atoms with Crippen molar-refractivity contribution in [2.24, 2.45) is 0 Å². The van der Waals surface area contributed by atoms with Crippen molar-refractivity contribution in [3.8, 4) is 23.1 Å². The molecule has 2 aromatic carbocycles. The number of likely N-dealkylation sites (N-methyl/N-ethyl adjacent to an activating group) is 1. The van der Waals surface area contributed by atoms with Crippen LogP contribution in [0.3, 0.4) is 0 Å². The van der Waals surface area contributed by atoms with Crippen LogP contribution in [0.4, 0.5) is 0 Å². The minimum absolute atomic E-state index is 0.146. The Balaban J connectivity index is 1.43. The molecule has 8 heteroatoms. The number of nitrogens with one attached hydrogen (secondary N) is 1. The van der Waals surface area contributed by atoms with Gasteiger partial charge in [-0.1, -0.05) is 16.8 Å². The van der Waals surface area contributed by atoms with Gasteiger partial charge in [-0.2, -0.15) is 4.98 Å². The molecule has 0 bridgehead atoms. The Morgan fingerprint density at radius 1 is 1.10 bits per heavy atom. The lowest BCUT2D eigenvalue weighted by Gasteiger charge is -2.17. The van der Waals surface area contributed by atoms with Crippen LogP contribution in [0.15, 0.2) is 47.0 Å². The number of carbonyl (C=O) groups is 1. The lowest BCUT2D eigenvalue weighted by atomic mass is 10.1. The van der Waals surface area contributed by atoms with Gasteiger partial charge in [0.2, 0.25) is 0 Å². The van der Waals surface area contributed by atoms with Crippen LogP contribution in [-0.2, 0) is 6.42 Å². The minimum atomic E-state index is -0.146. The number of nitrogens with zero attached hydrogens (tertiary/aromatic N) is 3. The average molecular weight is 420 g/mol. The Morgan fingerprint density at radius 2 is 1.84 bits per heavy atom. The van der Waals surface area contributed by atoms with E-state index in [0.29, 0.717) is 41.7 Å². The third kappa shape index (κ3) is 4.37. The molecule has 8 nitrogen and oxygen atoms in total. The summed E-state index contributed by atoms with van der Waals surface area (Å²) in [4.78, 5) is 22.2. The number of rotatable bonds is 7. The van der Waals surface area contributed by atoms with Gasteiger partial charge in [0.15, 0.2) is 5.82 Å². The number of hydrogen-bond acceptors (Lipinski definition) is 6. The van der Waals surface area contributed by atoms with Crippen LogP contribution in [0.25, 0.3) is 22.5 Å². The van der Waals surface area contributed by atoms with Crippen LogP contribution in [-0.4, -0.2) is 53.7 Å². The molecule has 4 aromatic rings. The predicted octanol–water partition coefficient (Wildman–Crippen LogP) is 3.86. The number of hydrogen-bond donors (Lipinski definition) is 1. The fourth-order valence-electron chi connectivity index (χ4n) is 3.35. The van der Waals surface area contributed by atoms with Gasteiger partial charge in [0.1, 0.15) is 17.2 Å². The van der Waals surface area contributed by atoms with Gasteiger partial charge in [0.05, 0.1) is 14.2 Å². The van der Waals surface area contributed by atoms with Gasteiger partial charge >= 0.3 is 0 Å². The predicted molar refractivity (Wildman–Crippen MR) is 117 cm³/mol. The molecular formula is C23H24N4O4. The van der Waals surface area contributed by atoms with Crippen molar-refractivity contribution in [2.75, 3.05) is 27.8 Å². The number of ether oxygens (including phenoxy) is 2. The molecular weight excluding hydrogens is 396 g/mol. The van der Waals surface area contributed by atoms with Crippen LogP contribution in [0, 0.1) is 6.92 Å². The average Bonchev–Trinajstić information content (AvgIpc) is 3.42. The molecule has 0 radical (unpaired) electrons. The normalized spacial score (nSPS) is 11.0. The molecule has 0 saturated heterocycles. The number of aromatic amines is 1.